The van der Waals surface area contributed by atoms with Crippen molar-refractivity contribution in [1.29, 1.82) is 0 Å². The van der Waals surface area contributed by atoms with E-state index in [0.717, 1.165) is 18.8 Å². The smallest absolute Gasteiger partial charge is 0.381 e. The third-order valence-electron chi connectivity index (χ3n) is 3.08. The second kappa shape index (κ2) is 2.52. The topological polar surface area (TPSA) is 37.3 Å². The van der Waals surface area contributed by atoms with Crippen molar-refractivity contribution in [2.45, 2.75) is 32.1 Å². The average Bonchev–Trinajstić information content (AvgIpc) is 2.75. The molecule has 2 rings (SSSR count). The van der Waals surface area contributed by atoms with E-state index in [0.29, 0.717) is 0 Å². The van der Waals surface area contributed by atoms with E-state index in [-0.39, 0.29) is 5.41 Å². The Morgan fingerprint density at radius 1 is 1.50 bits per heavy atom. The molecule has 64 valence electrons. The van der Waals surface area contributed by atoms with Gasteiger partial charge in [0.05, 0.1) is 0 Å². The maximum atomic E-state index is 10.2. The number of fused-ring (bicyclic) bond motifs is 1. The highest BCUT2D eigenvalue weighted by Gasteiger charge is 2.53. The molecule has 0 aromatic carbocycles. The van der Waals surface area contributed by atoms with Crippen LogP contribution >= 0.6 is 0 Å². The molecular formula is C10H12O2. The Kier molecular flexibility index (Phi) is 1.61. The first-order chi connectivity index (χ1) is 5.73. The molecule has 2 fully saturated rings. The molecule has 2 atom stereocenters. The van der Waals surface area contributed by atoms with Crippen LogP contribution in [0.5, 0.6) is 0 Å². The lowest BCUT2D eigenvalue weighted by molar-refractivity contribution is -0.130. The molecule has 2 aliphatic carbocycles. The normalized spacial score (nSPS) is 37.5. The van der Waals surface area contributed by atoms with Crippen molar-refractivity contribution in [1.82, 2.24) is 0 Å². The highest BCUT2D eigenvalue weighted by molar-refractivity contribution is 5.86. The van der Waals surface area contributed by atoms with Gasteiger partial charge in [-0.05, 0) is 25.2 Å². The predicted molar refractivity (Wildman–Crippen MR) is 44.4 cm³/mol. The Morgan fingerprint density at radius 2 is 2.33 bits per heavy atom. The molecule has 0 aliphatic heterocycles. The maximum absolute atomic E-state index is 10.2. The van der Waals surface area contributed by atoms with Crippen LogP contribution in [0.1, 0.15) is 32.1 Å². The van der Waals surface area contributed by atoms with E-state index in [1.807, 2.05) is 0 Å². The average molecular weight is 164 g/mol. The van der Waals surface area contributed by atoms with E-state index in [9.17, 15) is 4.79 Å². The summed E-state index contributed by atoms with van der Waals surface area (Å²) in [6.07, 6.45) is 6.06. The molecule has 0 spiro atoms. The zero-order valence-corrected chi connectivity index (χ0v) is 6.97. The predicted octanol–water partition coefficient (Wildman–Crippen LogP) is 1.65. The molecule has 2 nitrogen and oxygen atoms in total. The number of aliphatic carboxylic acids is 1. The van der Waals surface area contributed by atoms with Gasteiger partial charge in [0.25, 0.3) is 0 Å². The van der Waals surface area contributed by atoms with E-state index in [2.05, 4.69) is 11.8 Å². The molecule has 2 aliphatic rings. The molecular weight excluding hydrogens is 152 g/mol. The minimum absolute atomic E-state index is 0.136. The number of carbonyl (C=O) groups is 1. The van der Waals surface area contributed by atoms with Gasteiger partial charge in [-0.15, -0.1) is 0 Å². The monoisotopic (exact) mass is 164 g/mol. The fourth-order valence-corrected chi connectivity index (χ4v) is 2.29. The van der Waals surface area contributed by atoms with E-state index in [1.165, 1.54) is 19.3 Å². The quantitative estimate of drug-likeness (QED) is 0.553. The van der Waals surface area contributed by atoms with Crippen molar-refractivity contribution in [3.63, 3.8) is 0 Å². The van der Waals surface area contributed by atoms with Crippen molar-refractivity contribution in [3.05, 3.63) is 0 Å². The molecule has 0 amide bonds. The highest BCUT2D eigenvalue weighted by Crippen LogP contribution is 2.60. The van der Waals surface area contributed by atoms with Gasteiger partial charge in [-0.3, -0.25) is 0 Å². The first-order valence-electron chi connectivity index (χ1n) is 4.49. The van der Waals surface area contributed by atoms with Crippen LogP contribution in [0.15, 0.2) is 0 Å². The van der Waals surface area contributed by atoms with Crippen LogP contribution in [0.4, 0.5) is 0 Å². The summed E-state index contributed by atoms with van der Waals surface area (Å²) in [5.74, 6) is 4.92. The Hall–Kier alpha value is -0.970. The minimum Gasteiger partial charge on any atom is -0.472 e. The standard InChI is InChI=1S/C10H12O2/c11-9(12)4-6-10-5-2-1-3-8(10)7-10/h8H,1-3,5,7H2,(H,11,12). The summed E-state index contributed by atoms with van der Waals surface area (Å²) in [7, 11) is 0. The summed E-state index contributed by atoms with van der Waals surface area (Å²) in [6, 6.07) is 0. The summed E-state index contributed by atoms with van der Waals surface area (Å²) in [5, 5.41) is 8.40. The van der Waals surface area contributed by atoms with Crippen LogP contribution in [-0.4, -0.2) is 11.1 Å². The third kappa shape index (κ3) is 1.20. The zero-order valence-electron chi connectivity index (χ0n) is 6.97. The Balaban J connectivity index is 2.06. The minimum atomic E-state index is -0.986. The van der Waals surface area contributed by atoms with Crippen LogP contribution in [0.25, 0.3) is 0 Å². The van der Waals surface area contributed by atoms with Gasteiger partial charge in [-0.2, -0.15) is 0 Å². The first kappa shape index (κ1) is 7.67. The van der Waals surface area contributed by atoms with E-state index < -0.39 is 5.97 Å². The number of rotatable bonds is 0. The second-order valence-corrected chi connectivity index (χ2v) is 3.86. The van der Waals surface area contributed by atoms with Crippen molar-refractivity contribution in [2.24, 2.45) is 11.3 Å². The third-order valence-corrected chi connectivity index (χ3v) is 3.08. The summed E-state index contributed by atoms with van der Waals surface area (Å²) in [6.45, 7) is 0. The number of hydrogen-bond acceptors (Lipinski definition) is 1. The Labute approximate surface area is 72.0 Å². The van der Waals surface area contributed by atoms with Crippen LogP contribution < -0.4 is 0 Å². The van der Waals surface area contributed by atoms with Gasteiger partial charge < -0.3 is 5.11 Å². The lowest BCUT2D eigenvalue weighted by Crippen LogP contribution is -2.07. The van der Waals surface area contributed by atoms with Gasteiger partial charge in [-0.1, -0.05) is 18.8 Å². The molecule has 0 saturated heterocycles. The Morgan fingerprint density at radius 3 is 3.00 bits per heavy atom. The fraction of sp³-hybridized carbons (Fsp3) is 0.700. The molecule has 12 heavy (non-hydrogen) atoms. The van der Waals surface area contributed by atoms with Crippen molar-refractivity contribution in [3.8, 4) is 11.8 Å². The molecule has 2 saturated carbocycles. The van der Waals surface area contributed by atoms with Gasteiger partial charge >= 0.3 is 5.97 Å². The molecule has 0 heterocycles. The SMILES string of the molecule is O=C(O)C#CC12CCCCC1C2. The van der Waals surface area contributed by atoms with Crippen molar-refractivity contribution < 1.29 is 9.90 Å². The molecule has 0 aromatic heterocycles. The Bertz CT molecular complexity index is 271. The van der Waals surface area contributed by atoms with Crippen LogP contribution in [0.3, 0.4) is 0 Å². The maximum Gasteiger partial charge on any atom is 0.381 e. The van der Waals surface area contributed by atoms with Crippen LogP contribution in [0.2, 0.25) is 0 Å². The zero-order chi connectivity index (χ0) is 8.60. The molecule has 0 radical (unpaired) electrons. The molecule has 2 unspecified atom stereocenters. The summed E-state index contributed by atoms with van der Waals surface area (Å²) < 4.78 is 0. The van der Waals surface area contributed by atoms with Gasteiger partial charge in [-0.25, -0.2) is 4.79 Å². The van der Waals surface area contributed by atoms with E-state index >= 15 is 0 Å². The molecule has 0 aromatic rings. The van der Waals surface area contributed by atoms with E-state index in [1.54, 1.807) is 0 Å². The number of carboxylic acid groups (broad SMARTS) is 1. The highest BCUT2D eigenvalue weighted by atomic mass is 16.4. The number of carboxylic acids is 1. The van der Waals surface area contributed by atoms with E-state index in [4.69, 9.17) is 5.11 Å². The summed E-state index contributed by atoms with van der Waals surface area (Å²) >= 11 is 0. The van der Waals surface area contributed by atoms with Crippen LogP contribution in [-0.2, 0) is 4.79 Å². The molecule has 0 bridgehead atoms. The second-order valence-electron chi connectivity index (χ2n) is 3.86. The van der Waals surface area contributed by atoms with Gasteiger partial charge in [0.1, 0.15) is 0 Å². The number of hydrogen-bond donors (Lipinski definition) is 1. The molecule has 1 N–H and O–H groups in total. The summed E-state index contributed by atoms with van der Waals surface area (Å²) in [5.41, 5.74) is 0.136. The van der Waals surface area contributed by atoms with Crippen molar-refractivity contribution in [2.75, 3.05) is 0 Å². The lowest BCUT2D eigenvalue weighted by Gasteiger charge is -2.15. The summed E-state index contributed by atoms with van der Waals surface area (Å²) in [4.78, 5) is 10.2. The largest absolute Gasteiger partial charge is 0.472 e. The lowest BCUT2D eigenvalue weighted by atomic mass is 9.89. The molecule has 2 heteroatoms. The first-order valence-corrected chi connectivity index (χ1v) is 4.49. The van der Waals surface area contributed by atoms with Gasteiger partial charge in [0.15, 0.2) is 0 Å². The van der Waals surface area contributed by atoms with Gasteiger partial charge in [0, 0.05) is 11.3 Å². The van der Waals surface area contributed by atoms with Crippen molar-refractivity contribution >= 4 is 5.97 Å². The van der Waals surface area contributed by atoms with Crippen LogP contribution in [0, 0.1) is 23.2 Å². The fourth-order valence-electron chi connectivity index (χ4n) is 2.29. The van der Waals surface area contributed by atoms with Gasteiger partial charge in [0.2, 0.25) is 0 Å².